The van der Waals surface area contributed by atoms with E-state index in [1.165, 1.54) is 11.3 Å². The number of thiophene rings is 1. The number of hydrogen-bond donors (Lipinski definition) is 0. The van der Waals surface area contributed by atoms with Crippen LogP contribution in [0, 0.1) is 5.92 Å². The molecule has 7 heteroatoms. The number of rotatable bonds is 4. The maximum Gasteiger partial charge on any atom is 0.263 e. The zero-order valence-corrected chi connectivity index (χ0v) is 19.6. The third-order valence-electron chi connectivity index (χ3n) is 6.77. The second-order valence-corrected chi connectivity index (χ2v) is 10.1. The molecule has 0 atom stereocenters. The molecule has 2 aromatic rings. The van der Waals surface area contributed by atoms with Crippen molar-refractivity contribution in [1.82, 2.24) is 14.7 Å². The Morgan fingerprint density at radius 1 is 0.812 bits per heavy atom. The van der Waals surface area contributed by atoms with Crippen LogP contribution in [0.5, 0.6) is 0 Å². The molecule has 6 nitrogen and oxygen atoms in total. The maximum atomic E-state index is 13.2. The summed E-state index contributed by atoms with van der Waals surface area (Å²) in [7, 11) is 0. The molecule has 2 saturated heterocycles. The van der Waals surface area contributed by atoms with Gasteiger partial charge in [0.25, 0.3) is 5.91 Å². The largest absolute Gasteiger partial charge is 0.339 e. The van der Waals surface area contributed by atoms with Gasteiger partial charge in [-0.25, -0.2) is 0 Å². The van der Waals surface area contributed by atoms with Crippen LogP contribution in [-0.4, -0.2) is 71.7 Å². The Hall–Kier alpha value is -2.67. The molecule has 0 spiro atoms. The monoisotopic (exact) mass is 453 g/mol. The minimum atomic E-state index is -0.588. The average molecular weight is 454 g/mol. The number of piperidine rings is 1. The summed E-state index contributed by atoms with van der Waals surface area (Å²) in [4.78, 5) is 45.2. The predicted molar refractivity (Wildman–Crippen MR) is 126 cm³/mol. The number of benzene rings is 1. The molecular weight excluding hydrogens is 422 g/mol. The van der Waals surface area contributed by atoms with E-state index in [-0.39, 0.29) is 23.6 Å². The van der Waals surface area contributed by atoms with Crippen LogP contribution >= 0.6 is 11.3 Å². The van der Waals surface area contributed by atoms with E-state index in [9.17, 15) is 14.4 Å². The first-order valence-corrected chi connectivity index (χ1v) is 12.2. The van der Waals surface area contributed by atoms with E-state index < -0.39 is 5.41 Å². The fourth-order valence-corrected chi connectivity index (χ4v) is 5.34. The lowest BCUT2D eigenvalue weighted by Crippen LogP contribution is -2.55. The molecule has 0 radical (unpaired) electrons. The molecule has 2 aliphatic rings. The lowest BCUT2D eigenvalue weighted by atomic mass is 9.83. The SMILES string of the molecule is CC(C)(C(=O)N1CCN(C(=O)C2CCN(C(=O)c3cccs3)CC2)CC1)c1ccccc1. The summed E-state index contributed by atoms with van der Waals surface area (Å²) in [5, 5.41) is 1.91. The van der Waals surface area contributed by atoms with Crippen molar-refractivity contribution in [3.63, 3.8) is 0 Å². The summed E-state index contributed by atoms with van der Waals surface area (Å²) < 4.78 is 0. The average Bonchev–Trinajstić information content (AvgIpc) is 3.38. The minimum Gasteiger partial charge on any atom is -0.339 e. The zero-order valence-electron chi connectivity index (χ0n) is 18.8. The van der Waals surface area contributed by atoms with Crippen LogP contribution in [0.3, 0.4) is 0 Å². The van der Waals surface area contributed by atoms with Crippen molar-refractivity contribution in [2.75, 3.05) is 39.3 Å². The molecule has 170 valence electrons. The molecule has 4 rings (SSSR count). The van der Waals surface area contributed by atoms with Gasteiger partial charge in [0.1, 0.15) is 0 Å². The Kier molecular flexibility index (Phi) is 6.65. The first-order chi connectivity index (χ1) is 15.4. The summed E-state index contributed by atoms with van der Waals surface area (Å²) in [5.41, 5.74) is 0.419. The maximum absolute atomic E-state index is 13.2. The quantitative estimate of drug-likeness (QED) is 0.714. The van der Waals surface area contributed by atoms with Crippen molar-refractivity contribution in [3.8, 4) is 0 Å². The Labute approximate surface area is 193 Å². The smallest absolute Gasteiger partial charge is 0.263 e. The van der Waals surface area contributed by atoms with E-state index in [1.54, 1.807) is 0 Å². The van der Waals surface area contributed by atoms with Crippen LogP contribution in [0.2, 0.25) is 0 Å². The number of hydrogen-bond acceptors (Lipinski definition) is 4. The van der Waals surface area contributed by atoms with E-state index in [2.05, 4.69) is 0 Å². The van der Waals surface area contributed by atoms with Crippen LogP contribution in [-0.2, 0) is 15.0 Å². The molecule has 0 unspecified atom stereocenters. The predicted octanol–water partition coefficient (Wildman–Crippen LogP) is 3.25. The Morgan fingerprint density at radius 3 is 2.03 bits per heavy atom. The highest BCUT2D eigenvalue weighted by Crippen LogP contribution is 2.27. The first kappa shape index (κ1) is 22.5. The Bertz CT molecular complexity index is 942. The Morgan fingerprint density at radius 2 is 1.44 bits per heavy atom. The molecule has 0 N–H and O–H groups in total. The van der Waals surface area contributed by atoms with Crippen LogP contribution in [0.4, 0.5) is 0 Å². The van der Waals surface area contributed by atoms with Crippen molar-refractivity contribution in [2.24, 2.45) is 5.92 Å². The first-order valence-electron chi connectivity index (χ1n) is 11.3. The second-order valence-electron chi connectivity index (χ2n) is 9.15. The third kappa shape index (κ3) is 4.58. The number of nitrogens with zero attached hydrogens (tertiary/aromatic N) is 3. The lowest BCUT2D eigenvalue weighted by molar-refractivity contribution is -0.145. The van der Waals surface area contributed by atoms with E-state index >= 15 is 0 Å². The van der Waals surface area contributed by atoms with E-state index in [1.807, 2.05) is 76.4 Å². The molecule has 0 aliphatic carbocycles. The van der Waals surface area contributed by atoms with Crippen LogP contribution in [0.15, 0.2) is 47.8 Å². The van der Waals surface area contributed by atoms with E-state index in [4.69, 9.17) is 0 Å². The van der Waals surface area contributed by atoms with Crippen LogP contribution < -0.4 is 0 Å². The van der Waals surface area contributed by atoms with Gasteiger partial charge in [0.2, 0.25) is 11.8 Å². The fraction of sp³-hybridized carbons (Fsp3) is 0.480. The molecule has 3 heterocycles. The van der Waals surface area contributed by atoms with Crippen molar-refractivity contribution in [1.29, 1.82) is 0 Å². The normalized spacial score (nSPS) is 18.0. The zero-order chi connectivity index (χ0) is 22.7. The number of likely N-dealkylation sites (tertiary alicyclic amines) is 1. The summed E-state index contributed by atoms with van der Waals surface area (Å²) >= 11 is 1.46. The number of piperazine rings is 1. The van der Waals surface area contributed by atoms with Gasteiger partial charge in [0, 0.05) is 45.2 Å². The fourth-order valence-electron chi connectivity index (χ4n) is 4.65. The lowest BCUT2D eigenvalue weighted by Gasteiger charge is -2.40. The third-order valence-corrected chi connectivity index (χ3v) is 7.63. The molecular formula is C25H31N3O3S. The van der Waals surface area contributed by atoms with Gasteiger partial charge in [0.05, 0.1) is 10.3 Å². The highest BCUT2D eigenvalue weighted by atomic mass is 32.1. The highest BCUT2D eigenvalue weighted by Gasteiger charge is 2.37. The van der Waals surface area contributed by atoms with Crippen molar-refractivity contribution < 1.29 is 14.4 Å². The second kappa shape index (κ2) is 9.45. The van der Waals surface area contributed by atoms with Crippen molar-refractivity contribution in [3.05, 3.63) is 58.3 Å². The summed E-state index contributed by atoms with van der Waals surface area (Å²) in [5.74, 6) is 0.309. The van der Waals surface area contributed by atoms with Gasteiger partial charge < -0.3 is 14.7 Å². The molecule has 32 heavy (non-hydrogen) atoms. The summed E-state index contributed by atoms with van der Waals surface area (Å²) in [6.07, 6.45) is 1.41. The molecule has 1 aromatic heterocycles. The van der Waals surface area contributed by atoms with E-state index in [0.717, 1.165) is 10.4 Å². The number of amides is 3. The highest BCUT2D eigenvalue weighted by molar-refractivity contribution is 7.12. The summed E-state index contributed by atoms with van der Waals surface area (Å²) in [6.45, 7) is 7.45. The number of carbonyl (C=O) groups is 3. The molecule has 2 fully saturated rings. The molecule has 0 saturated carbocycles. The van der Waals surface area contributed by atoms with Crippen molar-refractivity contribution in [2.45, 2.75) is 32.1 Å². The van der Waals surface area contributed by atoms with Crippen LogP contribution in [0.1, 0.15) is 41.9 Å². The van der Waals surface area contributed by atoms with Gasteiger partial charge in [-0.15, -0.1) is 11.3 Å². The minimum absolute atomic E-state index is 0.0367. The van der Waals surface area contributed by atoms with Gasteiger partial charge >= 0.3 is 0 Å². The number of carbonyl (C=O) groups excluding carboxylic acids is 3. The van der Waals surface area contributed by atoms with Crippen LogP contribution in [0.25, 0.3) is 0 Å². The topological polar surface area (TPSA) is 60.9 Å². The van der Waals surface area contributed by atoms with Gasteiger partial charge in [-0.2, -0.15) is 0 Å². The van der Waals surface area contributed by atoms with E-state index in [0.29, 0.717) is 52.1 Å². The van der Waals surface area contributed by atoms with Gasteiger partial charge in [0.15, 0.2) is 0 Å². The standard InChI is InChI=1S/C25H31N3O3S/c1-25(2,20-7-4-3-5-8-20)24(31)28-16-14-27(15-17-28)22(29)19-10-12-26(13-11-19)23(30)21-9-6-18-32-21/h3-9,18-19H,10-17H2,1-2H3. The van der Waals surface area contributed by atoms with Gasteiger partial charge in [-0.1, -0.05) is 36.4 Å². The van der Waals surface area contributed by atoms with Gasteiger partial charge in [-0.05, 0) is 43.7 Å². The molecule has 0 bridgehead atoms. The Balaban J connectivity index is 1.28. The van der Waals surface area contributed by atoms with Crippen molar-refractivity contribution >= 4 is 29.1 Å². The van der Waals surface area contributed by atoms with Gasteiger partial charge in [-0.3, -0.25) is 14.4 Å². The molecule has 1 aromatic carbocycles. The molecule has 3 amide bonds. The summed E-state index contributed by atoms with van der Waals surface area (Å²) in [6, 6.07) is 13.6. The molecule has 2 aliphatic heterocycles.